The third-order valence-electron chi connectivity index (χ3n) is 6.80. The fourth-order valence-electron chi connectivity index (χ4n) is 4.68. The van der Waals surface area contributed by atoms with Crippen LogP contribution in [0.5, 0.6) is 5.75 Å². The molecule has 0 radical (unpaired) electrons. The molecule has 0 unspecified atom stereocenters. The molecule has 4 aromatic carbocycles. The number of carbonyl (C=O) groups is 1. The second kappa shape index (κ2) is 12.9. The third-order valence-corrected chi connectivity index (χ3v) is 6.80. The van der Waals surface area contributed by atoms with Crippen LogP contribution in [0.3, 0.4) is 0 Å². The van der Waals surface area contributed by atoms with Crippen LogP contribution in [-0.4, -0.2) is 41.0 Å². The number of β-amino-alcohol motifs (C(OH)–C–C–N with tert-alkyl or cyclic N) is 1. The first-order valence-electron chi connectivity index (χ1n) is 13.3. The number of para-hydroxylation sites is 1. The summed E-state index contributed by atoms with van der Waals surface area (Å²) in [5.74, 6) is -0.364. The first kappa shape index (κ1) is 28.3. The summed E-state index contributed by atoms with van der Waals surface area (Å²) in [6.07, 6.45) is -0.174. The highest BCUT2D eigenvalue weighted by molar-refractivity contribution is 5.89. The average molecular weight is 528 g/mol. The van der Waals surface area contributed by atoms with E-state index in [-0.39, 0.29) is 30.4 Å². The quantitative estimate of drug-likeness (QED) is 0.193. The minimum Gasteiger partial charge on any atom is -0.488 e. The van der Waals surface area contributed by atoms with E-state index in [4.69, 9.17) is 9.47 Å². The summed E-state index contributed by atoms with van der Waals surface area (Å²) < 4.78 is 12.0. The topological polar surface area (TPSA) is 88.0 Å². The third kappa shape index (κ3) is 7.90. The molecule has 6 nitrogen and oxygen atoms in total. The van der Waals surface area contributed by atoms with Crippen molar-refractivity contribution >= 4 is 16.7 Å². The molecule has 0 aliphatic heterocycles. The van der Waals surface area contributed by atoms with Gasteiger partial charge < -0.3 is 25.0 Å². The van der Waals surface area contributed by atoms with Gasteiger partial charge in [-0.2, -0.15) is 0 Å². The molecule has 0 amide bonds. The highest BCUT2D eigenvalue weighted by atomic mass is 16.5. The zero-order chi connectivity index (χ0) is 27.8. The van der Waals surface area contributed by atoms with Crippen LogP contribution in [0.2, 0.25) is 0 Å². The Kier molecular flexibility index (Phi) is 9.36. The Balaban J connectivity index is 1.28. The standard InChI is InChI=1S/C33H37NO5/c1-23(29-13-8-9-15-31(29)39-21-27-12-6-7-14-30(27)32(36)37)38-22-28(35)20-34-33(2,3)19-24-16-17-25-10-4-5-11-26(25)18-24/h4-18,23,28,34-35H,19-22H2,1-3H3,(H,36,37)/t23-,28-/m1/s1. The van der Waals surface area contributed by atoms with Crippen molar-refractivity contribution in [3.63, 3.8) is 0 Å². The molecule has 0 aromatic heterocycles. The van der Waals surface area contributed by atoms with E-state index in [1.165, 1.54) is 16.3 Å². The van der Waals surface area contributed by atoms with E-state index in [1.54, 1.807) is 24.3 Å². The zero-order valence-corrected chi connectivity index (χ0v) is 22.8. The van der Waals surface area contributed by atoms with Crippen molar-refractivity contribution in [1.82, 2.24) is 5.32 Å². The zero-order valence-electron chi connectivity index (χ0n) is 22.8. The molecule has 0 saturated heterocycles. The molecule has 39 heavy (non-hydrogen) atoms. The van der Waals surface area contributed by atoms with Crippen LogP contribution in [0.25, 0.3) is 10.8 Å². The summed E-state index contributed by atoms with van der Waals surface area (Å²) in [4.78, 5) is 11.5. The lowest BCUT2D eigenvalue weighted by Gasteiger charge is -2.28. The molecule has 6 heteroatoms. The van der Waals surface area contributed by atoms with E-state index in [1.807, 2.05) is 37.3 Å². The van der Waals surface area contributed by atoms with Crippen LogP contribution in [-0.2, 0) is 17.8 Å². The van der Waals surface area contributed by atoms with Crippen LogP contribution >= 0.6 is 0 Å². The predicted octanol–water partition coefficient (Wildman–Crippen LogP) is 6.17. The van der Waals surface area contributed by atoms with Gasteiger partial charge in [-0.25, -0.2) is 4.79 Å². The minimum atomic E-state index is -0.984. The highest BCUT2D eigenvalue weighted by Gasteiger charge is 2.21. The average Bonchev–Trinajstić information content (AvgIpc) is 2.93. The number of benzene rings is 4. The van der Waals surface area contributed by atoms with Crippen molar-refractivity contribution in [2.24, 2.45) is 0 Å². The number of hydrogen-bond donors (Lipinski definition) is 3. The van der Waals surface area contributed by atoms with Crippen LogP contribution in [0.1, 0.15) is 53.9 Å². The van der Waals surface area contributed by atoms with Gasteiger partial charge in [0.1, 0.15) is 12.4 Å². The number of aliphatic hydroxyl groups is 1. The molecule has 0 aliphatic rings. The number of carboxylic acids is 1. The van der Waals surface area contributed by atoms with Crippen molar-refractivity contribution in [3.8, 4) is 5.75 Å². The number of rotatable bonds is 13. The van der Waals surface area contributed by atoms with E-state index >= 15 is 0 Å². The van der Waals surface area contributed by atoms with E-state index in [0.29, 0.717) is 17.9 Å². The lowest BCUT2D eigenvalue weighted by molar-refractivity contribution is -0.00520. The Bertz CT molecular complexity index is 1400. The van der Waals surface area contributed by atoms with Gasteiger partial charge in [-0.15, -0.1) is 0 Å². The molecule has 0 spiro atoms. The van der Waals surface area contributed by atoms with Crippen molar-refractivity contribution in [2.75, 3.05) is 13.2 Å². The molecule has 0 aliphatic carbocycles. The normalized spacial score (nSPS) is 13.2. The monoisotopic (exact) mass is 527 g/mol. The minimum absolute atomic E-state index is 0.130. The van der Waals surface area contributed by atoms with Crippen molar-refractivity contribution in [2.45, 2.75) is 51.5 Å². The summed E-state index contributed by atoms with van der Waals surface area (Å²) in [5.41, 5.74) is 2.69. The number of carboxylic acid groups (broad SMARTS) is 1. The second-order valence-corrected chi connectivity index (χ2v) is 10.5. The maximum atomic E-state index is 11.5. The van der Waals surface area contributed by atoms with E-state index < -0.39 is 12.1 Å². The number of fused-ring (bicyclic) bond motifs is 1. The van der Waals surface area contributed by atoms with Crippen LogP contribution < -0.4 is 10.1 Å². The summed E-state index contributed by atoms with van der Waals surface area (Å²) in [6, 6.07) is 29.2. The number of aromatic carboxylic acids is 1. The van der Waals surface area contributed by atoms with Crippen LogP contribution in [0.15, 0.2) is 91.0 Å². The molecule has 4 rings (SSSR count). The fourth-order valence-corrected chi connectivity index (χ4v) is 4.68. The van der Waals surface area contributed by atoms with Gasteiger partial charge in [-0.1, -0.05) is 78.9 Å². The van der Waals surface area contributed by atoms with Crippen molar-refractivity contribution in [3.05, 3.63) is 113 Å². The molecule has 0 bridgehead atoms. The Hall–Kier alpha value is -3.71. The number of aliphatic hydroxyl groups excluding tert-OH is 1. The number of hydrogen-bond acceptors (Lipinski definition) is 5. The number of ether oxygens (including phenoxy) is 2. The highest BCUT2D eigenvalue weighted by Crippen LogP contribution is 2.28. The summed E-state index contributed by atoms with van der Waals surface area (Å²) in [7, 11) is 0. The molecule has 0 heterocycles. The van der Waals surface area contributed by atoms with E-state index in [2.05, 4.69) is 55.6 Å². The van der Waals surface area contributed by atoms with E-state index in [0.717, 1.165) is 12.0 Å². The second-order valence-electron chi connectivity index (χ2n) is 10.5. The van der Waals surface area contributed by atoms with Crippen LogP contribution in [0.4, 0.5) is 0 Å². The summed E-state index contributed by atoms with van der Waals surface area (Å²) in [6.45, 7) is 6.87. The molecule has 4 aromatic rings. The van der Waals surface area contributed by atoms with Gasteiger partial charge in [-0.3, -0.25) is 0 Å². The Labute approximate surface area is 230 Å². The molecule has 0 saturated carbocycles. The Morgan fingerprint density at radius 1 is 0.923 bits per heavy atom. The predicted molar refractivity (Wildman–Crippen MR) is 154 cm³/mol. The largest absolute Gasteiger partial charge is 0.488 e. The van der Waals surface area contributed by atoms with Gasteiger partial charge >= 0.3 is 5.97 Å². The number of nitrogens with one attached hydrogen (secondary N) is 1. The maximum absolute atomic E-state index is 11.5. The molecule has 2 atom stereocenters. The van der Waals surface area contributed by atoms with Crippen molar-refractivity contribution < 1.29 is 24.5 Å². The van der Waals surface area contributed by atoms with Gasteiger partial charge in [-0.05, 0) is 55.7 Å². The lowest BCUT2D eigenvalue weighted by atomic mass is 9.93. The van der Waals surface area contributed by atoms with Gasteiger partial charge in [0.2, 0.25) is 0 Å². The van der Waals surface area contributed by atoms with Crippen molar-refractivity contribution in [1.29, 1.82) is 0 Å². The maximum Gasteiger partial charge on any atom is 0.336 e. The summed E-state index contributed by atoms with van der Waals surface area (Å²) in [5, 5.41) is 26.0. The SMILES string of the molecule is C[C@@H](OC[C@H](O)CNC(C)(C)Cc1ccc2ccccc2c1)c1ccccc1OCc1ccccc1C(=O)O. The Morgan fingerprint density at radius 3 is 2.41 bits per heavy atom. The van der Waals surface area contributed by atoms with E-state index in [9.17, 15) is 15.0 Å². The van der Waals surface area contributed by atoms with Crippen LogP contribution in [0, 0.1) is 0 Å². The van der Waals surface area contributed by atoms with Gasteiger partial charge in [0.05, 0.1) is 24.4 Å². The fraction of sp³-hybridized carbons (Fsp3) is 0.303. The summed E-state index contributed by atoms with van der Waals surface area (Å²) >= 11 is 0. The van der Waals surface area contributed by atoms with Gasteiger partial charge in [0.15, 0.2) is 0 Å². The van der Waals surface area contributed by atoms with Gasteiger partial charge in [0.25, 0.3) is 0 Å². The molecule has 3 N–H and O–H groups in total. The smallest absolute Gasteiger partial charge is 0.336 e. The first-order chi connectivity index (χ1) is 18.7. The Morgan fingerprint density at radius 2 is 1.62 bits per heavy atom. The lowest BCUT2D eigenvalue weighted by Crippen LogP contribution is -2.46. The first-order valence-corrected chi connectivity index (χ1v) is 13.3. The molecule has 0 fully saturated rings. The molecular formula is C33H37NO5. The molecular weight excluding hydrogens is 490 g/mol. The van der Waals surface area contributed by atoms with Gasteiger partial charge in [0, 0.05) is 23.2 Å². The molecule has 204 valence electrons.